The van der Waals surface area contributed by atoms with Crippen LogP contribution in [0.25, 0.3) is 4.85 Å². The fourth-order valence-electron chi connectivity index (χ4n) is 5.23. The highest BCUT2D eigenvalue weighted by molar-refractivity contribution is 8.00. The number of hydrogen-bond donors (Lipinski definition) is 1. The van der Waals surface area contributed by atoms with Gasteiger partial charge in [-0.15, -0.1) is 0 Å². The van der Waals surface area contributed by atoms with E-state index in [1.807, 2.05) is 58.0 Å². The maximum Gasteiger partial charge on any atom is 0.410 e. The Morgan fingerprint density at radius 1 is 1.26 bits per heavy atom. The predicted octanol–water partition coefficient (Wildman–Crippen LogP) is 5.22. The zero-order valence-corrected chi connectivity index (χ0v) is 23.7. The van der Waals surface area contributed by atoms with Gasteiger partial charge in [-0.3, -0.25) is 4.79 Å². The lowest BCUT2D eigenvalue weighted by Crippen LogP contribution is -2.62. The third kappa shape index (κ3) is 5.97. The lowest BCUT2D eigenvalue weighted by Gasteiger charge is -2.53. The Hall–Kier alpha value is -3.76. The number of anilines is 1. The van der Waals surface area contributed by atoms with Gasteiger partial charge in [0.2, 0.25) is 11.6 Å². The van der Waals surface area contributed by atoms with Crippen LogP contribution in [-0.4, -0.2) is 53.7 Å². The van der Waals surface area contributed by atoms with E-state index in [1.54, 1.807) is 4.90 Å². The van der Waals surface area contributed by atoms with E-state index in [-0.39, 0.29) is 11.5 Å². The van der Waals surface area contributed by atoms with Crippen LogP contribution in [0.3, 0.4) is 0 Å². The number of carbonyl (C=O) groups is 2. The van der Waals surface area contributed by atoms with Crippen LogP contribution >= 0.6 is 11.8 Å². The van der Waals surface area contributed by atoms with Crippen molar-refractivity contribution in [2.45, 2.75) is 62.8 Å². The van der Waals surface area contributed by atoms with Gasteiger partial charge in [-0.05, 0) is 51.2 Å². The van der Waals surface area contributed by atoms with E-state index in [1.165, 1.54) is 0 Å². The molecule has 0 saturated carbocycles. The molecule has 1 spiro atoms. The molecule has 204 valence electrons. The third-order valence-corrected chi connectivity index (χ3v) is 8.47. The summed E-state index contributed by atoms with van der Waals surface area (Å²) in [4.78, 5) is 37.3. The van der Waals surface area contributed by atoms with E-state index in [2.05, 4.69) is 15.8 Å². The number of primary amides is 1. The molecular weight excluding hydrogens is 512 g/mol. The molecule has 0 aliphatic carbocycles. The molecule has 1 aromatic carbocycles. The molecule has 0 bridgehead atoms. The quantitative estimate of drug-likeness (QED) is 0.390. The highest BCUT2D eigenvalue weighted by Crippen LogP contribution is 2.46. The van der Waals surface area contributed by atoms with Gasteiger partial charge in [-0.1, -0.05) is 49.0 Å². The average Bonchev–Trinajstić information content (AvgIpc) is 2.88. The lowest BCUT2D eigenvalue weighted by atomic mass is 9.72. The molecule has 2 amide bonds. The average molecular weight is 547 g/mol. The fraction of sp³-hybridized carbons (Fsp3) is 0.483. The molecule has 39 heavy (non-hydrogen) atoms. The first-order chi connectivity index (χ1) is 18.5. The van der Waals surface area contributed by atoms with Gasteiger partial charge in [0.15, 0.2) is 0 Å². The van der Waals surface area contributed by atoms with Crippen LogP contribution in [0.1, 0.15) is 62.5 Å². The van der Waals surface area contributed by atoms with Crippen LogP contribution in [0, 0.1) is 23.3 Å². The number of likely N-dealkylation sites (tertiary alicyclic amines) is 1. The number of amides is 2. The summed E-state index contributed by atoms with van der Waals surface area (Å²) in [6.07, 6.45) is 1.90. The molecule has 2 aromatic rings. The van der Waals surface area contributed by atoms with Crippen LogP contribution in [0.5, 0.6) is 0 Å². The van der Waals surface area contributed by atoms with E-state index in [9.17, 15) is 14.9 Å². The van der Waals surface area contributed by atoms with Crippen molar-refractivity contribution < 1.29 is 14.3 Å². The van der Waals surface area contributed by atoms with Crippen LogP contribution in [-0.2, 0) is 16.0 Å². The second kappa shape index (κ2) is 11.2. The van der Waals surface area contributed by atoms with Gasteiger partial charge < -0.3 is 20.3 Å². The molecule has 2 saturated heterocycles. The number of hydrogen-bond acceptors (Lipinski definition) is 7. The molecule has 2 fully saturated rings. The molecular formula is C29H34N6O3S. The monoisotopic (exact) mass is 546 g/mol. The normalized spacial score (nSPS) is 17.1. The van der Waals surface area contributed by atoms with E-state index in [0.717, 1.165) is 30.2 Å². The SMILES string of the molecule is [C-]#[N+]c1c(N2CCC3(CC2)CN(C(=O)OC(C)(C)C)C3)nc(SC(C(N)=O)c2ccccc2)c(C#N)c1CC. The summed E-state index contributed by atoms with van der Waals surface area (Å²) in [7, 11) is 0. The lowest BCUT2D eigenvalue weighted by molar-refractivity contribution is -0.117. The molecule has 1 aromatic heterocycles. The summed E-state index contributed by atoms with van der Waals surface area (Å²) in [6, 6.07) is 11.4. The van der Waals surface area contributed by atoms with Crippen molar-refractivity contribution in [3.63, 3.8) is 0 Å². The second-order valence-electron chi connectivity index (χ2n) is 11.2. The van der Waals surface area contributed by atoms with Crippen molar-refractivity contribution in [3.05, 3.63) is 58.4 Å². The van der Waals surface area contributed by atoms with Crippen molar-refractivity contribution in [2.24, 2.45) is 11.1 Å². The smallest absolute Gasteiger partial charge is 0.410 e. The summed E-state index contributed by atoms with van der Waals surface area (Å²) >= 11 is 1.16. The van der Waals surface area contributed by atoms with Gasteiger partial charge in [-0.2, -0.15) is 5.26 Å². The summed E-state index contributed by atoms with van der Waals surface area (Å²) in [6.45, 7) is 18.1. The van der Waals surface area contributed by atoms with Crippen molar-refractivity contribution >= 4 is 35.3 Å². The van der Waals surface area contributed by atoms with Gasteiger partial charge in [-0.25, -0.2) is 14.6 Å². The number of nitriles is 1. The van der Waals surface area contributed by atoms with Crippen LogP contribution in [0.2, 0.25) is 0 Å². The predicted molar refractivity (Wildman–Crippen MR) is 151 cm³/mol. The second-order valence-corrected chi connectivity index (χ2v) is 12.2. The number of pyridine rings is 1. The Balaban J connectivity index is 1.58. The molecule has 1 unspecified atom stereocenters. The van der Waals surface area contributed by atoms with Gasteiger partial charge in [0, 0.05) is 31.6 Å². The number of thioether (sulfide) groups is 1. The van der Waals surface area contributed by atoms with Crippen molar-refractivity contribution in [1.82, 2.24) is 9.88 Å². The molecule has 4 rings (SSSR count). The highest BCUT2D eigenvalue weighted by Gasteiger charge is 2.48. The van der Waals surface area contributed by atoms with Crippen molar-refractivity contribution in [3.8, 4) is 6.07 Å². The Labute approximate surface area is 234 Å². The van der Waals surface area contributed by atoms with Gasteiger partial charge >= 0.3 is 6.09 Å². The molecule has 0 radical (unpaired) electrons. The molecule has 2 aliphatic heterocycles. The Morgan fingerprint density at radius 3 is 2.41 bits per heavy atom. The topological polar surface area (TPSA) is 117 Å². The van der Waals surface area contributed by atoms with E-state index >= 15 is 0 Å². The number of carbonyl (C=O) groups excluding carboxylic acids is 2. The molecule has 2 aliphatic rings. The van der Waals surface area contributed by atoms with E-state index in [0.29, 0.717) is 60.3 Å². The fourth-order valence-corrected chi connectivity index (χ4v) is 6.29. The molecule has 2 N–H and O–H groups in total. The van der Waals surface area contributed by atoms with E-state index in [4.69, 9.17) is 22.0 Å². The number of nitrogens with zero attached hydrogens (tertiary/aromatic N) is 5. The molecule has 10 heteroatoms. The minimum Gasteiger partial charge on any atom is -0.444 e. The number of piperidine rings is 1. The highest BCUT2D eigenvalue weighted by atomic mass is 32.2. The molecule has 3 heterocycles. The number of aromatic nitrogens is 1. The standard InChI is InChI=1S/C29H34N6O3S/c1-6-20-21(16-30)26(39-23(24(31)36)19-10-8-7-9-11-19)33-25(22(20)32-5)34-14-12-29(13-15-34)17-35(18-29)27(37)38-28(2,3)4/h7-11,23H,6,12-15,17-18H2,1-4H3,(H2,31,36). The van der Waals surface area contributed by atoms with Crippen LogP contribution in [0.4, 0.5) is 16.3 Å². The summed E-state index contributed by atoms with van der Waals surface area (Å²) in [5, 5.41) is 9.73. The number of nitrogens with two attached hydrogens (primary N) is 1. The minimum atomic E-state index is -0.722. The van der Waals surface area contributed by atoms with Gasteiger partial charge in [0.05, 0.1) is 12.1 Å². The first kappa shape index (κ1) is 28.3. The van der Waals surface area contributed by atoms with Gasteiger partial charge in [0.1, 0.15) is 27.8 Å². The Morgan fingerprint density at radius 2 is 1.90 bits per heavy atom. The number of ether oxygens (including phenoxy) is 1. The Bertz CT molecular complexity index is 1330. The van der Waals surface area contributed by atoms with E-state index < -0.39 is 16.8 Å². The molecule has 1 atom stereocenters. The van der Waals surface area contributed by atoms with Crippen LogP contribution < -0.4 is 10.6 Å². The molecule has 9 nitrogen and oxygen atoms in total. The van der Waals surface area contributed by atoms with Crippen molar-refractivity contribution in [2.75, 3.05) is 31.1 Å². The minimum absolute atomic E-state index is 0.0355. The van der Waals surface area contributed by atoms with Crippen molar-refractivity contribution in [1.29, 1.82) is 5.26 Å². The number of rotatable bonds is 6. The largest absolute Gasteiger partial charge is 0.444 e. The summed E-state index contributed by atoms with van der Waals surface area (Å²) in [5.74, 6) is 0.0167. The first-order valence-corrected chi connectivity index (χ1v) is 14.0. The zero-order valence-electron chi connectivity index (χ0n) is 22.9. The summed E-state index contributed by atoms with van der Waals surface area (Å²) in [5.41, 5.74) is 7.34. The third-order valence-electron chi connectivity index (χ3n) is 7.22. The number of benzene rings is 1. The zero-order chi connectivity index (χ0) is 28.4. The summed E-state index contributed by atoms with van der Waals surface area (Å²) < 4.78 is 5.51. The van der Waals surface area contributed by atoms with Crippen LogP contribution in [0.15, 0.2) is 35.4 Å². The Kier molecular flexibility index (Phi) is 8.08. The first-order valence-electron chi connectivity index (χ1n) is 13.1. The maximum atomic E-state index is 12.4. The van der Waals surface area contributed by atoms with Gasteiger partial charge in [0.25, 0.3) is 0 Å². The maximum absolute atomic E-state index is 12.4.